The van der Waals surface area contributed by atoms with Crippen LogP contribution in [0.2, 0.25) is 0 Å². The molecule has 108 valence electrons. The number of aromatic nitrogens is 1. The quantitative estimate of drug-likeness (QED) is 0.648. The van der Waals surface area contributed by atoms with Crippen molar-refractivity contribution in [2.75, 3.05) is 0 Å². The summed E-state index contributed by atoms with van der Waals surface area (Å²) < 4.78 is 31.2. The molecule has 0 saturated heterocycles. The predicted molar refractivity (Wildman–Crippen MR) is 79.6 cm³/mol. The van der Waals surface area contributed by atoms with Gasteiger partial charge < -0.3 is 4.55 Å². The number of pyridine rings is 1. The Morgan fingerprint density at radius 2 is 1.52 bits per heavy atom. The topological polar surface area (TPSA) is 71.3 Å². The maximum atomic E-state index is 10.4. The van der Waals surface area contributed by atoms with Crippen molar-refractivity contribution in [2.24, 2.45) is 0 Å². The molecule has 0 aliphatic carbocycles. The van der Waals surface area contributed by atoms with Crippen LogP contribution in [0.3, 0.4) is 0 Å². The minimum Gasteiger partial charge on any atom is -0.744 e. The van der Waals surface area contributed by atoms with E-state index in [0.29, 0.717) is 0 Å². The molecule has 4 nitrogen and oxygen atoms in total. The van der Waals surface area contributed by atoms with Gasteiger partial charge in [0.05, 0.1) is 4.90 Å². The van der Waals surface area contributed by atoms with Gasteiger partial charge in [0.2, 0.25) is 5.52 Å². The van der Waals surface area contributed by atoms with Gasteiger partial charge in [0.25, 0.3) is 0 Å². The molecule has 0 unspecified atom stereocenters. The molecular weight excluding hydrogens is 286 g/mol. The van der Waals surface area contributed by atoms with Crippen LogP contribution in [0, 0.1) is 6.92 Å². The first-order valence-corrected chi connectivity index (χ1v) is 7.76. The summed E-state index contributed by atoms with van der Waals surface area (Å²) in [7, 11) is -4.27. The van der Waals surface area contributed by atoms with E-state index in [-0.39, 0.29) is 4.90 Å². The average Bonchev–Trinajstić information content (AvgIpc) is 2.47. The number of hydrogen-bond acceptors (Lipinski definition) is 3. The van der Waals surface area contributed by atoms with Crippen LogP contribution in [0.25, 0.3) is 10.9 Å². The van der Waals surface area contributed by atoms with E-state index in [1.54, 1.807) is 12.1 Å². The van der Waals surface area contributed by atoms with Crippen molar-refractivity contribution in [3.8, 4) is 0 Å². The molecule has 0 aliphatic rings. The minimum absolute atomic E-state index is 0.178. The van der Waals surface area contributed by atoms with Crippen LogP contribution in [-0.4, -0.2) is 13.0 Å². The maximum absolute atomic E-state index is 10.4. The number of hydrogen-bond donors (Lipinski definition) is 0. The van der Waals surface area contributed by atoms with E-state index in [0.717, 1.165) is 5.56 Å². The standard InChI is InChI=1S/C9H7N.C7H8O3S/c1-2-6-9-8(4-1)5-3-7-10-9;1-6-2-4-7(5-3-6)11(8,9)10/h1-7H;2-5H,1H3,(H,8,9,10). The van der Waals surface area contributed by atoms with Crippen molar-refractivity contribution in [3.63, 3.8) is 0 Å². The van der Waals surface area contributed by atoms with Gasteiger partial charge in [-0.25, -0.2) is 13.4 Å². The number of nitrogens with one attached hydrogen (secondary N) is 1. The van der Waals surface area contributed by atoms with Gasteiger partial charge in [-0.3, -0.25) is 0 Å². The van der Waals surface area contributed by atoms with Crippen molar-refractivity contribution < 1.29 is 18.0 Å². The molecule has 0 atom stereocenters. The number of aryl methyl sites for hydroxylation is 1. The molecule has 5 heteroatoms. The van der Waals surface area contributed by atoms with E-state index in [1.807, 2.05) is 31.3 Å². The highest BCUT2D eigenvalue weighted by molar-refractivity contribution is 7.85. The van der Waals surface area contributed by atoms with E-state index < -0.39 is 10.1 Å². The van der Waals surface area contributed by atoms with Crippen LogP contribution in [0.15, 0.2) is 71.8 Å². The molecule has 3 aromatic rings. The van der Waals surface area contributed by atoms with E-state index in [2.05, 4.69) is 23.2 Å². The van der Waals surface area contributed by atoms with Gasteiger partial charge in [-0.1, -0.05) is 29.8 Å². The third-order valence-corrected chi connectivity index (χ3v) is 3.73. The van der Waals surface area contributed by atoms with E-state index in [1.165, 1.54) is 23.0 Å². The molecule has 0 saturated carbocycles. The number of fused-ring (bicyclic) bond motifs is 1. The number of H-pyrrole nitrogens is 1. The number of para-hydroxylation sites is 1. The molecule has 3 rings (SSSR count). The second-order valence-corrected chi connectivity index (χ2v) is 5.90. The first-order valence-electron chi connectivity index (χ1n) is 6.35. The van der Waals surface area contributed by atoms with Gasteiger partial charge in [0.15, 0.2) is 6.20 Å². The lowest BCUT2D eigenvalue weighted by molar-refractivity contribution is -0.344. The summed E-state index contributed by atoms with van der Waals surface area (Å²) in [6, 6.07) is 18.1. The highest BCUT2D eigenvalue weighted by Gasteiger charge is 1.97. The first kappa shape index (κ1) is 15.2. The Morgan fingerprint density at radius 1 is 0.905 bits per heavy atom. The van der Waals surface area contributed by atoms with E-state index in [4.69, 9.17) is 0 Å². The second-order valence-electron chi connectivity index (χ2n) is 4.52. The summed E-state index contributed by atoms with van der Waals surface area (Å²) in [5.74, 6) is 0. The fraction of sp³-hybridized carbons (Fsp3) is 0.0625. The van der Waals surface area contributed by atoms with Crippen LogP contribution in [0.4, 0.5) is 0 Å². The van der Waals surface area contributed by atoms with Crippen molar-refractivity contribution in [1.82, 2.24) is 0 Å². The molecule has 1 aromatic heterocycles. The van der Waals surface area contributed by atoms with Gasteiger partial charge >= 0.3 is 0 Å². The Hall–Kier alpha value is -2.24. The average molecular weight is 301 g/mol. The fourth-order valence-electron chi connectivity index (χ4n) is 1.77. The molecule has 1 heterocycles. The molecular formula is C16H15NO3S. The summed E-state index contributed by atoms with van der Waals surface area (Å²) in [4.78, 5) is 2.97. The summed E-state index contributed by atoms with van der Waals surface area (Å²) in [6.45, 7) is 1.82. The Labute approximate surface area is 123 Å². The summed E-state index contributed by atoms with van der Waals surface area (Å²) in [5.41, 5.74) is 2.11. The van der Waals surface area contributed by atoms with Gasteiger partial charge in [-0.2, -0.15) is 0 Å². The summed E-state index contributed by atoms with van der Waals surface area (Å²) in [5, 5.41) is 1.25. The molecule has 1 N–H and O–H groups in total. The zero-order valence-electron chi connectivity index (χ0n) is 11.5. The number of rotatable bonds is 1. The molecule has 0 fully saturated rings. The predicted octanol–water partition coefficient (Wildman–Crippen LogP) is 2.55. The molecule has 0 spiro atoms. The molecule has 0 aliphatic heterocycles. The SMILES string of the molecule is Cc1ccc(S(=O)(=O)[O-])cc1.c1ccc2[nH+]cccc2c1. The van der Waals surface area contributed by atoms with Gasteiger partial charge in [0.1, 0.15) is 10.1 Å². The minimum atomic E-state index is -4.27. The van der Waals surface area contributed by atoms with Crippen LogP contribution in [0.1, 0.15) is 5.56 Å². The smallest absolute Gasteiger partial charge is 0.210 e. The molecule has 21 heavy (non-hydrogen) atoms. The number of aromatic amines is 1. The second kappa shape index (κ2) is 6.47. The van der Waals surface area contributed by atoms with Crippen molar-refractivity contribution in [1.29, 1.82) is 0 Å². The lowest BCUT2D eigenvalue weighted by Gasteiger charge is -2.05. The van der Waals surface area contributed by atoms with Crippen molar-refractivity contribution in [3.05, 3.63) is 72.4 Å². The molecule has 2 aromatic carbocycles. The van der Waals surface area contributed by atoms with Crippen molar-refractivity contribution in [2.45, 2.75) is 11.8 Å². The summed E-state index contributed by atoms with van der Waals surface area (Å²) >= 11 is 0. The molecule has 0 amide bonds. The summed E-state index contributed by atoms with van der Waals surface area (Å²) in [6.07, 6.45) is 1.93. The Bertz CT molecular complexity index is 762. The maximum Gasteiger partial charge on any atom is 0.210 e. The largest absolute Gasteiger partial charge is 0.744 e. The molecule has 0 radical (unpaired) electrons. The zero-order valence-corrected chi connectivity index (χ0v) is 12.3. The Kier molecular flexibility index (Phi) is 4.67. The lowest BCUT2D eigenvalue weighted by atomic mass is 10.2. The van der Waals surface area contributed by atoms with Crippen molar-refractivity contribution >= 4 is 21.0 Å². The highest BCUT2D eigenvalue weighted by atomic mass is 32.2. The van der Waals surface area contributed by atoms with Gasteiger partial charge in [-0.05, 0) is 31.2 Å². The monoisotopic (exact) mass is 301 g/mol. The molecule has 0 bridgehead atoms. The van der Waals surface area contributed by atoms with Crippen LogP contribution >= 0.6 is 0 Å². The van der Waals surface area contributed by atoms with Crippen LogP contribution in [0.5, 0.6) is 0 Å². The van der Waals surface area contributed by atoms with E-state index in [9.17, 15) is 13.0 Å². The van der Waals surface area contributed by atoms with Crippen LogP contribution in [-0.2, 0) is 10.1 Å². The van der Waals surface area contributed by atoms with Gasteiger partial charge in [0, 0.05) is 17.5 Å². The zero-order chi connectivity index (χ0) is 15.3. The lowest BCUT2D eigenvalue weighted by Crippen LogP contribution is -1.99. The Morgan fingerprint density at radius 3 is 2.14 bits per heavy atom. The first-order chi connectivity index (χ1) is 9.97. The van der Waals surface area contributed by atoms with Crippen LogP contribution < -0.4 is 4.98 Å². The van der Waals surface area contributed by atoms with E-state index >= 15 is 0 Å². The Balaban J connectivity index is 0.000000154. The highest BCUT2D eigenvalue weighted by Crippen LogP contribution is 2.08. The third kappa shape index (κ3) is 4.37. The van der Waals surface area contributed by atoms with Gasteiger partial charge in [-0.15, -0.1) is 0 Å². The third-order valence-electron chi connectivity index (χ3n) is 2.88. The number of benzene rings is 2. The normalized spacial score (nSPS) is 10.8. The fourth-order valence-corrected chi connectivity index (χ4v) is 2.24.